The van der Waals surface area contributed by atoms with Crippen molar-refractivity contribution in [3.05, 3.63) is 26.2 Å². The van der Waals surface area contributed by atoms with E-state index in [9.17, 15) is 18.5 Å². The van der Waals surface area contributed by atoms with E-state index in [1.807, 2.05) is 0 Å². The monoisotopic (exact) mass is 381 g/mol. The molecule has 10 heteroatoms. The molecule has 0 aliphatic heterocycles. The maximum absolute atomic E-state index is 12.2. The van der Waals surface area contributed by atoms with Gasteiger partial charge in [0.15, 0.2) is 0 Å². The van der Waals surface area contributed by atoms with E-state index in [0.29, 0.717) is 17.4 Å². The maximum atomic E-state index is 12.2. The largest absolute Gasteiger partial charge is 0.489 e. The predicted octanol–water partition coefficient (Wildman–Crippen LogP) is 1.30. The smallest absolute Gasteiger partial charge is 0.316 e. The van der Waals surface area contributed by atoms with Crippen molar-refractivity contribution in [2.45, 2.75) is 18.2 Å². The van der Waals surface area contributed by atoms with Gasteiger partial charge in [-0.05, 0) is 26.0 Å². The van der Waals surface area contributed by atoms with E-state index in [0.717, 1.165) is 0 Å². The van der Waals surface area contributed by atoms with Crippen LogP contribution in [0.1, 0.15) is 12.0 Å². The summed E-state index contributed by atoms with van der Waals surface area (Å²) in [6, 6.07) is 1.28. The molecule has 0 heterocycles. The summed E-state index contributed by atoms with van der Waals surface area (Å²) in [5.74, 6) is -0.291. The van der Waals surface area contributed by atoms with Crippen molar-refractivity contribution >= 4 is 31.6 Å². The molecule has 0 unspecified atom stereocenters. The first-order chi connectivity index (χ1) is 9.76. The molecule has 118 valence electrons. The van der Waals surface area contributed by atoms with Crippen molar-refractivity contribution in [1.29, 1.82) is 0 Å². The molecule has 0 atom stereocenters. The number of methoxy groups -OCH3 is 1. The van der Waals surface area contributed by atoms with E-state index < -0.39 is 14.9 Å². The Bertz CT molecular complexity index is 648. The molecule has 0 saturated heterocycles. The standard InChI is InChI=1S/C11H16BrN3O5S/c1-7-8(12)6-9(11(20-2)10(7)15(16)17)21(18,19)14-5-3-4-13/h6,14H,3-5,13H2,1-2H3. The van der Waals surface area contributed by atoms with Crippen molar-refractivity contribution in [1.82, 2.24) is 4.72 Å². The highest BCUT2D eigenvalue weighted by atomic mass is 79.9. The first kappa shape index (κ1) is 17.8. The first-order valence-corrected chi connectivity index (χ1v) is 8.25. The Morgan fingerprint density at radius 1 is 1.52 bits per heavy atom. The van der Waals surface area contributed by atoms with Gasteiger partial charge in [0.2, 0.25) is 15.8 Å². The van der Waals surface area contributed by atoms with Gasteiger partial charge in [-0.15, -0.1) is 0 Å². The van der Waals surface area contributed by atoms with Crippen LogP contribution in [-0.2, 0) is 10.0 Å². The van der Waals surface area contributed by atoms with Gasteiger partial charge in [0, 0.05) is 16.6 Å². The Morgan fingerprint density at radius 3 is 2.62 bits per heavy atom. The molecule has 1 aromatic rings. The molecule has 0 fully saturated rings. The van der Waals surface area contributed by atoms with Crippen LogP contribution in [0, 0.1) is 17.0 Å². The lowest BCUT2D eigenvalue weighted by molar-refractivity contribution is -0.386. The predicted molar refractivity (Wildman–Crippen MR) is 80.9 cm³/mol. The quantitative estimate of drug-likeness (QED) is 0.416. The zero-order valence-corrected chi connectivity index (χ0v) is 14.0. The normalized spacial score (nSPS) is 11.4. The molecule has 3 N–H and O–H groups in total. The summed E-state index contributed by atoms with van der Waals surface area (Å²) in [6.45, 7) is 1.97. The van der Waals surface area contributed by atoms with Crippen LogP contribution in [0.2, 0.25) is 0 Å². The van der Waals surface area contributed by atoms with Gasteiger partial charge in [0.05, 0.1) is 12.0 Å². The van der Waals surface area contributed by atoms with Crippen LogP contribution in [0.4, 0.5) is 5.69 Å². The average molecular weight is 382 g/mol. The summed E-state index contributed by atoms with van der Waals surface area (Å²) in [5.41, 5.74) is 5.21. The van der Waals surface area contributed by atoms with E-state index in [1.165, 1.54) is 20.1 Å². The van der Waals surface area contributed by atoms with Crippen molar-refractivity contribution in [2.24, 2.45) is 5.73 Å². The highest BCUT2D eigenvalue weighted by Crippen LogP contribution is 2.40. The fraction of sp³-hybridized carbons (Fsp3) is 0.455. The third-order valence-corrected chi connectivity index (χ3v) is 5.05. The van der Waals surface area contributed by atoms with Crippen molar-refractivity contribution in [3.8, 4) is 5.75 Å². The highest BCUT2D eigenvalue weighted by molar-refractivity contribution is 9.10. The molecule has 1 rings (SSSR count). The van der Waals surface area contributed by atoms with Gasteiger partial charge < -0.3 is 10.5 Å². The molecule has 0 aliphatic carbocycles. The van der Waals surface area contributed by atoms with Gasteiger partial charge in [-0.25, -0.2) is 13.1 Å². The van der Waals surface area contributed by atoms with E-state index in [4.69, 9.17) is 10.5 Å². The number of benzene rings is 1. The molecule has 0 aromatic heterocycles. The van der Waals surface area contributed by atoms with Crippen LogP contribution in [-0.4, -0.2) is 33.5 Å². The lowest BCUT2D eigenvalue weighted by atomic mass is 10.2. The van der Waals surface area contributed by atoms with Gasteiger partial charge >= 0.3 is 5.69 Å². The summed E-state index contributed by atoms with van der Waals surface area (Å²) < 4.78 is 32.1. The number of rotatable bonds is 7. The molecule has 0 bridgehead atoms. The molecule has 0 saturated carbocycles. The lowest BCUT2D eigenvalue weighted by Crippen LogP contribution is -2.27. The van der Waals surface area contributed by atoms with Gasteiger partial charge in [0.1, 0.15) is 4.90 Å². The molecular weight excluding hydrogens is 366 g/mol. The first-order valence-electron chi connectivity index (χ1n) is 5.97. The number of hydrogen-bond acceptors (Lipinski definition) is 6. The molecule has 0 spiro atoms. The van der Waals surface area contributed by atoms with Crippen LogP contribution in [0.15, 0.2) is 15.4 Å². The van der Waals surface area contributed by atoms with Crippen LogP contribution in [0.5, 0.6) is 5.75 Å². The molecule has 8 nitrogen and oxygen atoms in total. The van der Waals surface area contributed by atoms with E-state index >= 15 is 0 Å². The Labute approximate surface area is 131 Å². The number of sulfonamides is 1. The van der Waals surface area contributed by atoms with Crippen LogP contribution in [0.25, 0.3) is 0 Å². The number of nitrogens with zero attached hydrogens (tertiary/aromatic N) is 1. The summed E-state index contributed by atoms with van der Waals surface area (Å²) >= 11 is 3.13. The lowest BCUT2D eigenvalue weighted by Gasteiger charge is -2.13. The Hall–Kier alpha value is -1.23. The molecule has 0 aliphatic rings. The van der Waals surface area contributed by atoms with E-state index in [-0.39, 0.29) is 28.4 Å². The molecule has 0 amide bonds. The van der Waals surface area contributed by atoms with Gasteiger partial charge in [0.25, 0.3) is 0 Å². The number of nitro groups is 1. The highest BCUT2D eigenvalue weighted by Gasteiger charge is 2.30. The van der Waals surface area contributed by atoms with Gasteiger partial charge in [-0.3, -0.25) is 10.1 Å². The van der Waals surface area contributed by atoms with Crippen LogP contribution < -0.4 is 15.2 Å². The second kappa shape index (κ2) is 7.16. The number of nitrogens with two attached hydrogens (primary N) is 1. The summed E-state index contributed by atoms with van der Waals surface area (Å²) in [7, 11) is -2.75. The topological polar surface area (TPSA) is 125 Å². The SMILES string of the molecule is COc1c(S(=O)(=O)NCCCN)cc(Br)c(C)c1[N+](=O)[O-]. The van der Waals surface area contributed by atoms with Crippen molar-refractivity contribution in [3.63, 3.8) is 0 Å². The van der Waals surface area contributed by atoms with Gasteiger partial charge in [-0.1, -0.05) is 15.9 Å². The third-order valence-electron chi connectivity index (χ3n) is 2.76. The van der Waals surface area contributed by atoms with E-state index in [1.54, 1.807) is 0 Å². The molecule has 1 aromatic carbocycles. The molecule has 0 radical (unpaired) electrons. The molecule has 21 heavy (non-hydrogen) atoms. The minimum Gasteiger partial charge on any atom is -0.489 e. The maximum Gasteiger partial charge on any atom is 0.316 e. The zero-order chi connectivity index (χ0) is 16.2. The van der Waals surface area contributed by atoms with Crippen molar-refractivity contribution in [2.75, 3.05) is 20.2 Å². The number of halogens is 1. The van der Waals surface area contributed by atoms with E-state index in [2.05, 4.69) is 20.7 Å². The van der Waals surface area contributed by atoms with Crippen LogP contribution in [0.3, 0.4) is 0 Å². The second-order valence-corrected chi connectivity index (χ2v) is 6.75. The Balaban J connectivity index is 3.46. The number of nitro benzene ring substituents is 1. The minimum absolute atomic E-state index is 0.140. The second-order valence-electron chi connectivity index (χ2n) is 4.16. The number of hydrogen-bond donors (Lipinski definition) is 2. The van der Waals surface area contributed by atoms with Gasteiger partial charge in [-0.2, -0.15) is 0 Å². The summed E-state index contributed by atoms with van der Waals surface area (Å²) in [4.78, 5) is 10.2. The summed E-state index contributed by atoms with van der Waals surface area (Å²) in [5, 5.41) is 11.2. The fourth-order valence-electron chi connectivity index (χ4n) is 1.69. The Kier molecular flexibility index (Phi) is 6.08. The minimum atomic E-state index is -3.94. The van der Waals surface area contributed by atoms with Crippen LogP contribution >= 0.6 is 15.9 Å². The molecular formula is C11H16BrN3O5S. The Morgan fingerprint density at radius 2 is 2.14 bits per heavy atom. The zero-order valence-electron chi connectivity index (χ0n) is 11.6. The average Bonchev–Trinajstić information content (AvgIpc) is 2.40. The fourth-order valence-corrected chi connectivity index (χ4v) is 3.53. The number of ether oxygens (including phenoxy) is 1. The summed E-state index contributed by atoms with van der Waals surface area (Å²) in [6.07, 6.45) is 0.455. The van der Waals surface area contributed by atoms with Crippen molar-refractivity contribution < 1.29 is 18.1 Å². The third kappa shape index (κ3) is 3.90. The number of nitrogens with one attached hydrogen (secondary N) is 1.